The molecule has 0 spiro atoms. The summed E-state index contributed by atoms with van der Waals surface area (Å²) in [7, 11) is -3.84. The number of carbonyl (C=O) groups is 1. The molecule has 1 aliphatic heterocycles. The van der Waals surface area contributed by atoms with Crippen LogP contribution in [-0.2, 0) is 16.6 Å². The molecule has 1 aliphatic rings. The minimum Gasteiger partial charge on any atom is -0.506 e. The lowest BCUT2D eigenvalue weighted by Crippen LogP contribution is -2.46. The first-order valence-corrected chi connectivity index (χ1v) is 13.6. The van der Waals surface area contributed by atoms with Crippen molar-refractivity contribution in [1.29, 1.82) is 0 Å². The third kappa shape index (κ3) is 6.65. The summed E-state index contributed by atoms with van der Waals surface area (Å²) in [6.07, 6.45) is 2.99. The van der Waals surface area contributed by atoms with Crippen LogP contribution >= 0.6 is 0 Å². The Labute approximate surface area is 222 Å². The molecule has 2 N–H and O–H groups in total. The average Bonchev–Trinajstić information content (AvgIpc) is 2.88. The van der Waals surface area contributed by atoms with Crippen LogP contribution in [0.2, 0.25) is 0 Å². The second kappa shape index (κ2) is 11.2. The third-order valence-corrected chi connectivity index (χ3v) is 8.16. The van der Waals surface area contributed by atoms with E-state index in [1.54, 1.807) is 18.3 Å². The number of hydrogen-bond acceptors (Lipinski definition) is 9. The second-order valence-corrected chi connectivity index (χ2v) is 12.4. The highest BCUT2D eigenvalue weighted by molar-refractivity contribution is 7.91. The Bertz CT molecular complexity index is 1470. The number of hydrogen-bond donors (Lipinski definition) is 2. The van der Waals surface area contributed by atoms with Crippen LogP contribution in [0.1, 0.15) is 48.0 Å². The summed E-state index contributed by atoms with van der Waals surface area (Å²) in [6.45, 7) is 8.32. The van der Waals surface area contributed by atoms with Crippen molar-refractivity contribution in [3.05, 3.63) is 77.2 Å². The molecule has 198 valence electrons. The number of aromatic nitrogens is 3. The van der Waals surface area contributed by atoms with Gasteiger partial charge in [-0.05, 0) is 50.6 Å². The Morgan fingerprint density at radius 1 is 1.03 bits per heavy atom. The first-order valence-electron chi connectivity index (χ1n) is 12.1. The van der Waals surface area contributed by atoms with Crippen LogP contribution in [0.15, 0.2) is 54.9 Å². The van der Waals surface area contributed by atoms with Gasteiger partial charge in [-0.1, -0.05) is 30.0 Å². The third-order valence-electron chi connectivity index (χ3n) is 6.09. The first-order chi connectivity index (χ1) is 18.0. The van der Waals surface area contributed by atoms with Gasteiger partial charge in [-0.2, -0.15) is 0 Å². The zero-order valence-corrected chi connectivity index (χ0v) is 22.4. The van der Waals surface area contributed by atoms with Gasteiger partial charge in [0.25, 0.3) is 5.91 Å². The van der Waals surface area contributed by atoms with Crippen LogP contribution in [0.4, 0.5) is 5.82 Å². The number of piperazine rings is 1. The lowest BCUT2D eigenvalue weighted by Gasteiger charge is -2.35. The number of carbonyl (C=O) groups excluding carboxylic acids is 1. The molecule has 38 heavy (non-hydrogen) atoms. The minimum atomic E-state index is -3.84. The fraction of sp³-hybridized carbons (Fsp3) is 0.333. The number of rotatable bonds is 5. The summed E-state index contributed by atoms with van der Waals surface area (Å²) in [5.74, 6) is 6.17. The maximum atomic E-state index is 12.3. The summed E-state index contributed by atoms with van der Waals surface area (Å²) >= 11 is 0. The van der Waals surface area contributed by atoms with Crippen LogP contribution in [0.3, 0.4) is 0 Å². The molecule has 1 saturated heterocycles. The predicted molar refractivity (Wildman–Crippen MR) is 144 cm³/mol. The second-order valence-electron chi connectivity index (χ2n) is 9.93. The Balaban J connectivity index is 1.35. The standard InChI is InChI=1S/C27H30N6O4S/c1-27(2,3)38(36,37)31-26(35)24-10-11-25(30-29-24)33-14-12-32(13-15-33)19-22-7-5-4-6-21(22)9-8-20-16-23(34)18-28-17-20/h4-7,10-11,16-18,34H,12-15,19H2,1-3H3,(H,31,35). The molecular formula is C27H30N6O4S. The van der Waals surface area contributed by atoms with Gasteiger partial charge in [0.2, 0.25) is 10.0 Å². The maximum Gasteiger partial charge on any atom is 0.285 e. The molecule has 1 fully saturated rings. The molecule has 0 bridgehead atoms. The number of pyridine rings is 1. The van der Waals surface area contributed by atoms with E-state index >= 15 is 0 Å². The molecule has 4 rings (SSSR count). The number of benzene rings is 1. The van der Waals surface area contributed by atoms with Gasteiger partial charge in [0.1, 0.15) is 5.75 Å². The molecule has 3 aromatic rings. The number of sulfonamides is 1. The maximum absolute atomic E-state index is 12.3. The van der Waals surface area contributed by atoms with Crippen LogP contribution < -0.4 is 9.62 Å². The van der Waals surface area contributed by atoms with Crippen molar-refractivity contribution < 1.29 is 18.3 Å². The van der Waals surface area contributed by atoms with Crippen molar-refractivity contribution in [3.8, 4) is 17.6 Å². The number of aromatic hydroxyl groups is 1. The molecule has 3 heterocycles. The first kappa shape index (κ1) is 27.0. The van der Waals surface area contributed by atoms with Gasteiger partial charge < -0.3 is 10.0 Å². The number of nitrogens with zero attached hydrogens (tertiary/aromatic N) is 5. The molecule has 10 nitrogen and oxygen atoms in total. The highest BCUT2D eigenvalue weighted by atomic mass is 32.2. The van der Waals surface area contributed by atoms with Gasteiger partial charge in [-0.15, -0.1) is 10.2 Å². The Morgan fingerprint density at radius 2 is 1.76 bits per heavy atom. The van der Waals surface area contributed by atoms with Crippen LogP contribution in [-0.4, -0.2) is 70.4 Å². The van der Waals surface area contributed by atoms with E-state index < -0.39 is 20.7 Å². The van der Waals surface area contributed by atoms with Crippen molar-refractivity contribution in [2.75, 3.05) is 31.1 Å². The summed E-state index contributed by atoms with van der Waals surface area (Å²) in [4.78, 5) is 20.7. The molecule has 0 atom stereocenters. The lowest BCUT2D eigenvalue weighted by atomic mass is 10.1. The topological polar surface area (TPSA) is 129 Å². The van der Waals surface area contributed by atoms with Gasteiger partial charge in [-0.25, -0.2) is 13.1 Å². The number of anilines is 1. The van der Waals surface area contributed by atoms with Crippen molar-refractivity contribution >= 4 is 21.7 Å². The van der Waals surface area contributed by atoms with E-state index in [0.29, 0.717) is 11.4 Å². The van der Waals surface area contributed by atoms with Gasteiger partial charge in [-0.3, -0.25) is 14.7 Å². The van der Waals surface area contributed by atoms with Gasteiger partial charge >= 0.3 is 0 Å². The monoisotopic (exact) mass is 534 g/mol. The van der Waals surface area contributed by atoms with E-state index in [1.165, 1.54) is 33.0 Å². The van der Waals surface area contributed by atoms with E-state index in [9.17, 15) is 18.3 Å². The highest BCUT2D eigenvalue weighted by Gasteiger charge is 2.31. The highest BCUT2D eigenvalue weighted by Crippen LogP contribution is 2.18. The lowest BCUT2D eigenvalue weighted by molar-refractivity contribution is 0.0974. The van der Waals surface area contributed by atoms with Crippen molar-refractivity contribution in [2.24, 2.45) is 0 Å². The van der Waals surface area contributed by atoms with E-state index in [4.69, 9.17) is 0 Å². The van der Waals surface area contributed by atoms with E-state index in [1.807, 2.05) is 18.2 Å². The summed E-state index contributed by atoms with van der Waals surface area (Å²) < 4.78 is 25.4. The molecule has 0 unspecified atom stereocenters. The van der Waals surface area contributed by atoms with Crippen LogP contribution in [0.5, 0.6) is 5.75 Å². The van der Waals surface area contributed by atoms with Crippen molar-refractivity contribution in [2.45, 2.75) is 32.1 Å². The molecular weight excluding hydrogens is 504 g/mol. The van der Waals surface area contributed by atoms with Crippen molar-refractivity contribution in [3.63, 3.8) is 0 Å². The van der Waals surface area contributed by atoms with E-state index in [0.717, 1.165) is 43.9 Å². The normalized spacial score (nSPS) is 14.4. The molecule has 0 aliphatic carbocycles. The fourth-order valence-corrected chi connectivity index (χ4v) is 4.39. The smallest absolute Gasteiger partial charge is 0.285 e. The SMILES string of the molecule is CC(C)(C)S(=O)(=O)NC(=O)c1ccc(N2CCN(Cc3ccccc3C#Cc3cncc(O)c3)CC2)nn1. The summed E-state index contributed by atoms with van der Waals surface area (Å²) in [6, 6.07) is 12.7. The zero-order valence-electron chi connectivity index (χ0n) is 21.5. The average molecular weight is 535 g/mol. The van der Waals surface area contributed by atoms with Gasteiger partial charge in [0, 0.05) is 50.0 Å². The van der Waals surface area contributed by atoms with Crippen molar-refractivity contribution in [1.82, 2.24) is 24.8 Å². The van der Waals surface area contributed by atoms with Gasteiger partial charge in [0.15, 0.2) is 11.5 Å². The van der Waals surface area contributed by atoms with Crippen LogP contribution in [0.25, 0.3) is 0 Å². The molecule has 0 saturated carbocycles. The Hall–Kier alpha value is -4.01. The van der Waals surface area contributed by atoms with E-state index in [2.05, 4.69) is 47.6 Å². The molecule has 1 amide bonds. The molecule has 1 aromatic carbocycles. The summed E-state index contributed by atoms with van der Waals surface area (Å²) in [5, 5.41) is 17.7. The molecule has 11 heteroatoms. The summed E-state index contributed by atoms with van der Waals surface area (Å²) in [5.41, 5.74) is 2.63. The largest absolute Gasteiger partial charge is 0.506 e. The van der Waals surface area contributed by atoms with Crippen LogP contribution in [0, 0.1) is 11.8 Å². The van der Waals surface area contributed by atoms with Gasteiger partial charge in [0.05, 0.1) is 10.9 Å². The minimum absolute atomic E-state index is 0.0561. The number of amides is 1. The molecule has 2 aromatic heterocycles. The quantitative estimate of drug-likeness (QED) is 0.473. The van der Waals surface area contributed by atoms with E-state index in [-0.39, 0.29) is 11.4 Å². The predicted octanol–water partition coefficient (Wildman–Crippen LogP) is 2.16. The Morgan fingerprint density at radius 3 is 2.42 bits per heavy atom. The fourth-order valence-electron chi connectivity index (χ4n) is 3.73. The molecule has 0 radical (unpaired) electrons. The Kier molecular flexibility index (Phi) is 7.94. The zero-order chi connectivity index (χ0) is 27.3. The number of nitrogens with one attached hydrogen (secondary N) is 1.